The van der Waals surface area contributed by atoms with Crippen LogP contribution in [0.1, 0.15) is 5.56 Å². The molecule has 3 heterocycles. The Morgan fingerprint density at radius 3 is 2.47 bits per heavy atom. The monoisotopic (exact) mass is 454 g/mol. The number of hydrazone groups is 1. The molecule has 164 valence electrons. The minimum absolute atomic E-state index is 0.0240. The Morgan fingerprint density at radius 2 is 1.78 bits per heavy atom. The van der Waals surface area contributed by atoms with Crippen LogP contribution in [0.5, 0.6) is 5.88 Å². The summed E-state index contributed by atoms with van der Waals surface area (Å²) in [5, 5.41) is 14.6. The van der Waals surface area contributed by atoms with E-state index in [0.717, 1.165) is 10.8 Å². The Labute approximate surface area is 184 Å². The molecule has 0 saturated carbocycles. The zero-order chi connectivity index (χ0) is 23.2. The van der Waals surface area contributed by atoms with E-state index in [9.17, 15) is 19.5 Å². The highest BCUT2D eigenvalue weighted by molar-refractivity contribution is 7.71. The average Bonchev–Trinajstić information content (AvgIpc) is 3.10. The van der Waals surface area contributed by atoms with Gasteiger partial charge in [0.15, 0.2) is 15.9 Å². The number of hydrogen-bond acceptors (Lipinski definition) is 8. The zero-order valence-corrected chi connectivity index (χ0v) is 18.0. The minimum Gasteiger partial charge on any atom is -0.494 e. The van der Waals surface area contributed by atoms with Gasteiger partial charge in [-0.15, -0.1) is 0 Å². The molecule has 0 amide bonds. The molecule has 13 heteroatoms. The van der Waals surface area contributed by atoms with E-state index in [1.165, 1.54) is 27.8 Å². The maximum atomic E-state index is 12.5. The molecule has 1 aromatic carbocycles. The highest BCUT2D eigenvalue weighted by Crippen LogP contribution is 2.18. The minimum atomic E-state index is -0.633. The number of aromatic amines is 1. The van der Waals surface area contributed by atoms with Crippen molar-refractivity contribution in [2.24, 2.45) is 26.2 Å². The van der Waals surface area contributed by atoms with Crippen molar-refractivity contribution in [2.75, 3.05) is 5.43 Å². The Balaban J connectivity index is 1.76. The Kier molecular flexibility index (Phi) is 5.10. The van der Waals surface area contributed by atoms with E-state index in [-0.39, 0.29) is 27.4 Å². The molecule has 0 saturated heterocycles. The molecule has 0 atom stereocenters. The summed E-state index contributed by atoms with van der Waals surface area (Å²) in [4.78, 5) is 43.7. The van der Waals surface area contributed by atoms with Gasteiger partial charge in [0.05, 0.1) is 11.9 Å². The number of imidazole rings is 1. The van der Waals surface area contributed by atoms with Gasteiger partial charge in [-0.1, -0.05) is 18.2 Å². The fourth-order valence-corrected chi connectivity index (χ4v) is 3.53. The van der Waals surface area contributed by atoms with Crippen molar-refractivity contribution in [3.8, 4) is 11.6 Å². The molecule has 0 radical (unpaired) electrons. The van der Waals surface area contributed by atoms with E-state index >= 15 is 0 Å². The lowest BCUT2D eigenvalue weighted by Gasteiger charge is -2.10. The summed E-state index contributed by atoms with van der Waals surface area (Å²) >= 11 is 5.17. The summed E-state index contributed by atoms with van der Waals surface area (Å²) < 4.78 is 4.98. The molecule has 3 aromatic heterocycles. The SMILES string of the molecule is Cn1c(=O)c2c(nc(N/N=C\c3c(O)n(-c4ccccc4)c(=S)[nH]c3=O)n2C)n(C)c1=O. The van der Waals surface area contributed by atoms with Crippen LogP contribution in [0.3, 0.4) is 0 Å². The second-order valence-electron chi connectivity index (χ2n) is 6.91. The molecular formula is C19H18N8O4S. The number of aromatic hydroxyl groups is 1. The number of nitrogens with one attached hydrogen (secondary N) is 2. The van der Waals surface area contributed by atoms with Crippen LogP contribution in [0.25, 0.3) is 16.9 Å². The molecule has 32 heavy (non-hydrogen) atoms. The van der Waals surface area contributed by atoms with E-state index in [2.05, 4.69) is 20.5 Å². The van der Waals surface area contributed by atoms with Crippen molar-refractivity contribution < 1.29 is 5.11 Å². The largest absolute Gasteiger partial charge is 0.494 e. The number of benzene rings is 1. The quantitative estimate of drug-likeness (QED) is 0.229. The van der Waals surface area contributed by atoms with Crippen LogP contribution in [0, 0.1) is 4.77 Å². The van der Waals surface area contributed by atoms with E-state index in [1.54, 1.807) is 31.3 Å². The molecule has 0 aliphatic rings. The second-order valence-corrected chi connectivity index (χ2v) is 7.30. The number of H-pyrrole nitrogens is 1. The topological polar surface area (TPSA) is 144 Å². The lowest BCUT2D eigenvalue weighted by Crippen LogP contribution is -2.37. The maximum absolute atomic E-state index is 12.5. The molecule has 4 aromatic rings. The number of hydrogen-bond donors (Lipinski definition) is 3. The van der Waals surface area contributed by atoms with Gasteiger partial charge in [0.1, 0.15) is 5.56 Å². The maximum Gasteiger partial charge on any atom is 0.332 e. The fraction of sp³-hybridized carbons (Fsp3) is 0.158. The molecular weight excluding hydrogens is 436 g/mol. The van der Waals surface area contributed by atoms with Gasteiger partial charge < -0.3 is 9.67 Å². The Hall–Kier alpha value is -4.26. The molecule has 12 nitrogen and oxygen atoms in total. The molecule has 4 rings (SSSR count). The summed E-state index contributed by atoms with van der Waals surface area (Å²) in [5.74, 6) is -0.238. The summed E-state index contributed by atoms with van der Waals surface area (Å²) in [5.41, 5.74) is 1.77. The van der Waals surface area contributed by atoms with Gasteiger partial charge in [-0.2, -0.15) is 10.1 Å². The Morgan fingerprint density at radius 1 is 1.09 bits per heavy atom. The Bertz CT molecular complexity index is 1620. The highest BCUT2D eigenvalue weighted by Gasteiger charge is 2.17. The van der Waals surface area contributed by atoms with Crippen LogP contribution in [0.15, 0.2) is 49.8 Å². The molecule has 0 spiro atoms. The summed E-state index contributed by atoms with van der Waals surface area (Å²) in [7, 11) is 4.46. The number of aromatic nitrogens is 6. The van der Waals surface area contributed by atoms with Gasteiger partial charge in [0, 0.05) is 21.1 Å². The van der Waals surface area contributed by atoms with Crippen molar-refractivity contribution in [3.63, 3.8) is 0 Å². The van der Waals surface area contributed by atoms with E-state index in [4.69, 9.17) is 12.2 Å². The summed E-state index contributed by atoms with van der Waals surface area (Å²) in [6.45, 7) is 0. The first kappa shape index (κ1) is 21.0. The van der Waals surface area contributed by atoms with Gasteiger partial charge in [-0.25, -0.2) is 10.2 Å². The molecule has 0 fully saturated rings. The average molecular weight is 454 g/mol. The van der Waals surface area contributed by atoms with Crippen LogP contribution in [-0.2, 0) is 21.1 Å². The smallest absolute Gasteiger partial charge is 0.332 e. The molecule has 0 bridgehead atoms. The first-order valence-corrected chi connectivity index (χ1v) is 9.68. The molecule has 3 N–H and O–H groups in total. The third-order valence-corrected chi connectivity index (χ3v) is 5.25. The van der Waals surface area contributed by atoms with Crippen molar-refractivity contribution in [1.82, 2.24) is 28.2 Å². The van der Waals surface area contributed by atoms with Crippen LogP contribution in [0.2, 0.25) is 0 Å². The summed E-state index contributed by atoms with van der Waals surface area (Å²) in [6.07, 6.45) is 1.11. The zero-order valence-electron chi connectivity index (χ0n) is 17.2. The normalized spacial score (nSPS) is 11.5. The third kappa shape index (κ3) is 3.24. The van der Waals surface area contributed by atoms with E-state index < -0.39 is 22.7 Å². The number of fused-ring (bicyclic) bond motifs is 1. The van der Waals surface area contributed by atoms with E-state index in [1.807, 2.05) is 6.07 Å². The van der Waals surface area contributed by atoms with Crippen molar-refractivity contribution >= 4 is 35.5 Å². The van der Waals surface area contributed by atoms with Crippen molar-refractivity contribution in [2.45, 2.75) is 0 Å². The van der Waals surface area contributed by atoms with Gasteiger partial charge in [0.2, 0.25) is 11.8 Å². The molecule has 0 aliphatic carbocycles. The van der Waals surface area contributed by atoms with E-state index in [0.29, 0.717) is 5.69 Å². The second kappa shape index (κ2) is 7.77. The lowest BCUT2D eigenvalue weighted by atomic mass is 10.3. The van der Waals surface area contributed by atoms with Crippen LogP contribution >= 0.6 is 12.2 Å². The first-order chi connectivity index (χ1) is 15.2. The summed E-state index contributed by atoms with van der Waals surface area (Å²) in [6, 6.07) is 8.77. The van der Waals surface area contributed by atoms with Crippen LogP contribution < -0.4 is 22.2 Å². The molecule has 0 aliphatic heterocycles. The van der Waals surface area contributed by atoms with Crippen LogP contribution in [0.4, 0.5) is 5.95 Å². The number of aryl methyl sites for hydroxylation is 2. The van der Waals surface area contributed by atoms with Gasteiger partial charge in [-0.05, 0) is 24.4 Å². The number of rotatable bonds is 4. The standard InChI is InChI=1S/C19H18N8O4S/c1-24-12-13(25(2)19(31)26(3)16(12)30)21-17(24)23-20-9-11-14(28)22-18(32)27(15(11)29)10-7-5-4-6-8-10/h4-9,29H,1-3H3,(H,21,23)(H,22,28,32)/b20-9-. The predicted molar refractivity (Wildman–Crippen MR) is 121 cm³/mol. The van der Waals surface area contributed by atoms with Crippen molar-refractivity contribution in [1.29, 1.82) is 0 Å². The van der Waals surface area contributed by atoms with Crippen molar-refractivity contribution in [3.05, 3.63) is 71.9 Å². The highest BCUT2D eigenvalue weighted by atomic mass is 32.1. The molecule has 0 unspecified atom stereocenters. The predicted octanol–water partition coefficient (Wildman–Crippen LogP) is 0.331. The lowest BCUT2D eigenvalue weighted by molar-refractivity contribution is 0.432. The van der Waals surface area contributed by atoms with Gasteiger partial charge >= 0.3 is 5.69 Å². The number of anilines is 1. The number of para-hydroxylation sites is 1. The van der Waals surface area contributed by atoms with Gasteiger partial charge in [-0.3, -0.25) is 28.3 Å². The first-order valence-electron chi connectivity index (χ1n) is 9.27. The third-order valence-electron chi connectivity index (χ3n) is 4.97. The van der Waals surface area contributed by atoms with Gasteiger partial charge in [0.25, 0.3) is 11.1 Å². The fourth-order valence-electron chi connectivity index (χ4n) is 3.24. The van der Waals surface area contributed by atoms with Crippen LogP contribution in [-0.4, -0.2) is 39.6 Å². The number of nitrogens with zero attached hydrogens (tertiary/aromatic N) is 6.